The summed E-state index contributed by atoms with van der Waals surface area (Å²) in [6, 6.07) is 13.9. The van der Waals surface area contributed by atoms with Gasteiger partial charge >= 0.3 is 0 Å². The summed E-state index contributed by atoms with van der Waals surface area (Å²) in [7, 11) is 0. The van der Waals surface area contributed by atoms with Gasteiger partial charge < -0.3 is 10.7 Å². The molecular weight excluding hydrogens is 378 g/mol. The topological polar surface area (TPSA) is 63.1 Å². The first-order valence-corrected chi connectivity index (χ1v) is 9.01. The first-order chi connectivity index (χ1) is 11.9. The van der Waals surface area contributed by atoms with Gasteiger partial charge in [0.25, 0.3) is 0 Å². The SMILES string of the molecule is CC(C)(C)CN1NNc2c1ccc(NCc1ccc(C#N)cc1)c2Br. The number of anilines is 3. The number of fused-ring (bicyclic) bond motifs is 1. The Morgan fingerprint density at radius 1 is 1.16 bits per heavy atom. The van der Waals surface area contributed by atoms with Gasteiger partial charge in [0.2, 0.25) is 0 Å². The Labute approximate surface area is 157 Å². The quantitative estimate of drug-likeness (QED) is 0.699. The molecule has 0 amide bonds. The Balaban J connectivity index is 1.73. The fourth-order valence-electron chi connectivity index (χ4n) is 2.72. The van der Waals surface area contributed by atoms with E-state index in [1.54, 1.807) is 0 Å². The Morgan fingerprint density at radius 2 is 1.88 bits per heavy atom. The maximum atomic E-state index is 8.87. The highest BCUT2D eigenvalue weighted by Gasteiger charge is 2.26. The van der Waals surface area contributed by atoms with E-state index in [0.29, 0.717) is 12.1 Å². The molecule has 130 valence electrons. The van der Waals surface area contributed by atoms with Gasteiger partial charge in [0.05, 0.1) is 33.2 Å². The number of benzene rings is 2. The van der Waals surface area contributed by atoms with Crippen molar-refractivity contribution in [3.63, 3.8) is 0 Å². The highest BCUT2D eigenvalue weighted by molar-refractivity contribution is 9.10. The molecule has 6 heteroatoms. The summed E-state index contributed by atoms with van der Waals surface area (Å²) in [5.74, 6) is 0. The molecule has 0 radical (unpaired) electrons. The molecule has 1 aliphatic heterocycles. The highest BCUT2D eigenvalue weighted by atomic mass is 79.9. The van der Waals surface area contributed by atoms with E-state index < -0.39 is 0 Å². The van der Waals surface area contributed by atoms with Crippen LogP contribution in [0.25, 0.3) is 0 Å². The standard InChI is InChI=1S/C19H22BrN5/c1-19(2,3)12-25-16-9-8-15(17(20)18(16)23-24-25)22-11-14-6-4-13(10-21)5-7-14/h4-9,22-24H,11-12H2,1-3H3. The normalized spacial score (nSPS) is 13.2. The van der Waals surface area contributed by atoms with Gasteiger partial charge in [-0.2, -0.15) is 5.26 Å². The Morgan fingerprint density at radius 3 is 2.52 bits per heavy atom. The minimum absolute atomic E-state index is 0.190. The van der Waals surface area contributed by atoms with Crippen molar-refractivity contribution >= 4 is 33.0 Å². The molecule has 5 nitrogen and oxygen atoms in total. The van der Waals surface area contributed by atoms with E-state index in [1.807, 2.05) is 24.3 Å². The number of nitrogens with zero attached hydrogens (tertiary/aromatic N) is 2. The second-order valence-electron chi connectivity index (χ2n) is 7.37. The van der Waals surface area contributed by atoms with Crippen LogP contribution in [0.15, 0.2) is 40.9 Å². The summed E-state index contributed by atoms with van der Waals surface area (Å²) in [5.41, 5.74) is 11.7. The molecule has 0 bridgehead atoms. The zero-order chi connectivity index (χ0) is 18.0. The van der Waals surface area contributed by atoms with Crippen molar-refractivity contribution in [1.29, 1.82) is 5.26 Å². The molecule has 1 aliphatic rings. The smallest absolute Gasteiger partial charge is 0.0991 e. The molecule has 2 aromatic rings. The maximum absolute atomic E-state index is 8.87. The predicted molar refractivity (Wildman–Crippen MR) is 106 cm³/mol. The van der Waals surface area contributed by atoms with Crippen molar-refractivity contribution in [2.75, 3.05) is 22.3 Å². The zero-order valence-electron chi connectivity index (χ0n) is 14.7. The fraction of sp³-hybridized carbons (Fsp3) is 0.316. The van der Waals surface area contributed by atoms with E-state index in [4.69, 9.17) is 5.26 Å². The Hall–Kier alpha value is -2.23. The fourth-order valence-corrected chi connectivity index (χ4v) is 3.30. The summed E-state index contributed by atoms with van der Waals surface area (Å²) >= 11 is 3.70. The molecule has 2 aromatic carbocycles. The van der Waals surface area contributed by atoms with Crippen LogP contribution in [0, 0.1) is 16.7 Å². The minimum atomic E-state index is 0.190. The molecule has 0 aromatic heterocycles. The van der Waals surface area contributed by atoms with Gasteiger partial charge in [0.15, 0.2) is 0 Å². The van der Waals surface area contributed by atoms with Crippen LogP contribution >= 0.6 is 15.9 Å². The summed E-state index contributed by atoms with van der Waals surface area (Å²) in [6.07, 6.45) is 0. The first-order valence-electron chi connectivity index (χ1n) is 8.22. The second-order valence-corrected chi connectivity index (χ2v) is 8.16. The van der Waals surface area contributed by atoms with Crippen LogP contribution in [0.5, 0.6) is 0 Å². The molecule has 0 spiro atoms. The third-order valence-corrected chi connectivity index (χ3v) is 4.75. The van der Waals surface area contributed by atoms with Gasteiger partial charge in [-0.25, -0.2) is 0 Å². The van der Waals surface area contributed by atoms with Crippen LogP contribution < -0.4 is 21.3 Å². The van der Waals surface area contributed by atoms with Crippen molar-refractivity contribution < 1.29 is 0 Å². The molecule has 0 atom stereocenters. The van der Waals surface area contributed by atoms with Gasteiger partial charge in [0.1, 0.15) is 0 Å². The van der Waals surface area contributed by atoms with Crippen LogP contribution in [0.4, 0.5) is 17.1 Å². The van der Waals surface area contributed by atoms with Gasteiger partial charge in [-0.05, 0) is 51.2 Å². The molecule has 0 saturated heterocycles. The molecule has 0 unspecified atom stereocenters. The molecule has 3 N–H and O–H groups in total. The third-order valence-electron chi connectivity index (χ3n) is 3.93. The Kier molecular flexibility index (Phi) is 4.89. The number of halogens is 1. The molecule has 1 heterocycles. The number of rotatable bonds is 4. The van der Waals surface area contributed by atoms with Crippen LogP contribution in [0.2, 0.25) is 0 Å². The summed E-state index contributed by atoms with van der Waals surface area (Å²) in [4.78, 5) is 0. The lowest BCUT2D eigenvalue weighted by atomic mass is 9.96. The zero-order valence-corrected chi connectivity index (χ0v) is 16.2. The monoisotopic (exact) mass is 399 g/mol. The largest absolute Gasteiger partial charge is 0.380 e. The van der Waals surface area contributed by atoms with Crippen molar-refractivity contribution in [1.82, 2.24) is 5.53 Å². The number of hydrazine groups is 2. The van der Waals surface area contributed by atoms with Crippen molar-refractivity contribution in [3.05, 3.63) is 52.0 Å². The van der Waals surface area contributed by atoms with E-state index in [1.165, 1.54) is 0 Å². The highest BCUT2D eigenvalue weighted by Crippen LogP contribution is 2.41. The van der Waals surface area contributed by atoms with E-state index in [0.717, 1.165) is 33.6 Å². The second kappa shape index (κ2) is 6.95. The molecule has 0 saturated carbocycles. The summed E-state index contributed by atoms with van der Waals surface area (Å²) in [6.45, 7) is 8.25. The first kappa shape index (κ1) is 17.6. The maximum Gasteiger partial charge on any atom is 0.0991 e. The lowest BCUT2D eigenvalue weighted by Crippen LogP contribution is -2.41. The molecule has 25 heavy (non-hydrogen) atoms. The van der Waals surface area contributed by atoms with Crippen LogP contribution in [-0.2, 0) is 6.54 Å². The van der Waals surface area contributed by atoms with Crippen LogP contribution in [-0.4, -0.2) is 6.54 Å². The lowest BCUT2D eigenvalue weighted by Gasteiger charge is -2.27. The lowest BCUT2D eigenvalue weighted by molar-refractivity contribution is 0.400. The number of hydrogen-bond donors (Lipinski definition) is 3. The molecule has 3 rings (SSSR count). The summed E-state index contributed by atoms with van der Waals surface area (Å²) < 4.78 is 1.00. The van der Waals surface area contributed by atoms with Gasteiger partial charge in [-0.1, -0.05) is 32.9 Å². The number of hydrogen-bond acceptors (Lipinski definition) is 5. The predicted octanol–water partition coefficient (Wildman–Crippen LogP) is 4.63. The average molecular weight is 400 g/mol. The van der Waals surface area contributed by atoms with Gasteiger partial charge in [-0.15, -0.1) is 5.53 Å². The number of nitrogens with one attached hydrogen (secondary N) is 3. The van der Waals surface area contributed by atoms with Crippen LogP contribution in [0.3, 0.4) is 0 Å². The van der Waals surface area contributed by atoms with Crippen molar-refractivity contribution in [3.8, 4) is 6.07 Å². The molecule has 0 fully saturated rings. The average Bonchev–Trinajstić information content (AvgIpc) is 2.96. The van der Waals surface area contributed by atoms with E-state index in [-0.39, 0.29) is 5.41 Å². The summed E-state index contributed by atoms with van der Waals surface area (Å²) in [5, 5.41) is 14.4. The van der Waals surface area contributed by atoms with E-state index in [9.17, 15) is 0 Å². The van der Waals surface area contributed by atoms with Crippen molar-refractivity contribution in [2.24, 2.45) is 5.41 Å². The number of nitriles is 1. The van der Waals surface area contributed by atoms with Gasteiger partial charge in [0, 0.05) is 13.1 Å². The Bertz CT molecular complexity index is 802. The molecule has 0 aliphatic carbocycles. The van der Waals surface area contributed by atoms with Crippen molar-refractivity contribution in [2.45, 2.75) is 27.3 Å². The van der Waals surface area contributed by atoms with E-state index >= 15 is 0 Å². The third kappa shape index (κ3) is 4.06. The van der Waals surface area contributed by atoms with E-state index in [2.05, 4.69) is 76.2 Å². The van der Waals surface area contributed by atoms with Crippen LogP contribution in [0.1, 0.15) is 31.9 Å². The van der Waals surface area contributed by atoms with Gasteiger partial charge in [-0.3, -0.25) is 5.01 Å². The minimum Gasteiger partial charge on any atom is -0.380 e. The molecular formula is C19H22BrN5.